The first kappa shape index (κ1) is 20.5. The fourth-order valence-electron chi connectivity index (χ4n) is 3.15. The number of nitrogens with zero attached hydrogens (tertiary/aromatic N) is 4. The molecule has 28 heavy (non-hydrogen) atoms. The van der Waals surface area contributed by atoms with Gasteiger partial charge < -0.3 is 9.32 Å². The maximum Gasteiger partial charge on any atom is 0.233 e. The molecule has 148 valence electrons. The Morgan fingerprint density at radius 2 is 1.93 bits per heavy atom. The molecular formula is C20H23ClN4O2S. The van der Waals surface area contributed by atoms with Crippen molar-refractivity contribution in [2.45, 2.75) is 44.9 Å². The molecular weight excluding hydrogens is 396 g/mol. The average Bonchev–Trinajstić information content (AvgIpc) is 3.28. The molecule has 0 fully saturated rings. The molecule has 3 aromatic rings. The summed E-state index contributed by atoms with van der Waals surface area (Å²) in [5.41, 5.74) is 0.809. The number of furan rings is 1. The van der Waals surface area contributed by atoms with Gasteiger partial charge in [0.2, 0.25) is 11.7 Å². The van der Waals surface area contributed by atoms with Gasteiger partial charge in [0, 0.05) is 17.1 Å². The molecule has 0 bridgehead atoms. The maximum atomic E-state index is 12.7. The standard InChI is InChI=1S/C20H23ClN4O2S/c1-13(2)24(14(3)4)18(26)12-28-20-23-22-19(17-9-6-10-27-17)25(20)16-8-5-7-15(21)11-16/h5-11,13-14H,12H2,1-4H3. The Morgan fingerprint density at radius 3 is 2.54 bits per heavy atom. The number of benzene rings is 1. The normalized spacial score (nSPS) is 11.4. The van der Waals surface area contributed by atoms with E-state index in [9.17, 15) is 4.79 Å². The number of hydrogen-bond donors (Lipinski definition) is 0. The van der Waals surface area contributed by atoms with Crippen LogP contribution in [0.2, 0.25) is 5.02 Å². The van der Waals surface area contributed by atoms with Gasteiger partial charge in [0.05, 0.1) is 17.7 Å². The predicted octanol–water partition coefficient (Wildman–Crippen LogP) is 4.92. The van der Waals surface area contributed by atoms with Crippen molar-refractivity contribution in [3.63, 3.8) is 0 Å². The van der Waals surface area contributed by atoms with Crippen LogP contribution in [0.1, 0.15) is 27.7 Å². The zero-order valence-electron chi connectivity index (χ0n) is 16.3. The Bertz CT molecular complexity index is 930. The molecule has 3 rings (SSSR count). The number of hydrogen-bond acceptors (Lipinski definition) is 5. The highest BCUT2D eigenvalue weighted by atomic mass is 35.5. The zero-order chi connectivity index (χ0) is 20.3. The lowest BCUT2D eigenvalue weighted by Crippen LogP contribution is -2.43. The molecule has 0 radical (unpaired) electrons. The molecule has 0 aliphatic rings. The number of aromatic nitrogens is 3. The van der Waals surface area contributed by atoms with E-state index in [0.717, 1.165) is 5.69 Å². The van der Waals surface area contributed by atoms with Crippen LogP contribution in [0.15, 0.2) is 52.2 Å². The number of carbonyl (C=O) groups excluding carboxylic acids is 1. The maximum absolute atomic E-state index is 12.7. The number of rotatable bonds is 7. The molecule has 0 atom stereocenters. The van der Waals surface area contributed by atoms with Gasteiger partial charge in [0.25, 0.3) is 0 Å². The van der Waals surface area contributed by atoms with Crippen molar-refractivity contribution < 1.29 is 9.21 Å². The highest BCUT2D eigenvalue weighted by Crippen LogP contribution is 2.29. The number of amides is 1. The quantitative estimate of drug-likeness (QED) is 0.509. The van der Waals surface area contributed by atoms with Gasteiger partial charge in [0.1, 0.15) is 0 Å². The summed E-state index contributed by atoms with van der Waals surface area (Å²) in [6, 6.07) is 11.3. The van der Waals surface area contributed by atoms with E-state index in [2.05, 4.69) is 10.2 Å². The molecule has 0 unspecified atom stereocenters. The molecule has 1 aromatic carbocycles. The lowest BCUT2D eigenvalue weighted by molar-refractivity contribution is -0.131. The highest BCUT2D eigenvalue weighted by molar-refractivity contribution is 7.99. The summed E-state index contributed by atoms with van der Waals surface area (Å²) in [7, 11) is 0. The Kier molecular flexibility index (Phi) is 6.46. The van der Waals surface area contributed by atoms with Crippen LogP contribution >= 0.6 is 23.4 Å². The summed E-state index contributed by atoms with van der Waals surface area (Å²) in [6.07, 6.45) is 1.59. The lowest BCUT2D eigenvalue weighted by Gasteiger charge is -2.30. The van der Waals surface area contributed by atoms with E-state index >= 15 is 0 Å². The second-order valence-corrected chi connectivity index (χ2v) is 8.25. The van der Waals surface area contributed by atoms with Gasteiger partial charge in [-0.15, -0.1) is 10.2 Å². The van der Waals surface area contributed by atoms with Crippen LogP contribution in [0.25, 0.3) is 17.3 Å². The van der Waals surface area contributed by atoms with Crippen LogP contribution < -0.4 is 0 Å². The van der Waals surface area contributed by atoms with Crippen LogP contribution in [-0.4, -0.2) is 43.4 Å². The van der Waals surface area contributed by atoms with Crippen molar-refractivity contribution in [3.05, 3.63) is 47.7 Å². The fourth-order valence-corrected chi connectivity index (χ4v) is 4.16. The molecule has 0 aliphatic carbocycles. The topological polar surface area (TPSA) is 64.2 Å². The smallest absolute Gasteiger partial charge is 0.233 e. The van der Waals surface area contributed by atoms with E-state index < -0.39 is 0 Å². The van der Waals surface area contributed by atoms with Gasteiger partial charge in [-0.1, -0.05) is 29.4 Å². The van der Waals surface area contributed by atoms with E-state index in [4.69, 9.17) is 16.0 Å². The first-order valence-corrected chi connectivity index (χ1v) is 10.4. The molecule has 1 amide bonds. The van der Waals surface area contributed by atoms with Gasteiger partial charge >= 0.3 is 0 Å². The molecule has 0 spiro atoms. The summed E-state index contributed by atoms with van der Waals surface area (Å²) < 4.78 is 7.37. The monoisotopic (exact) mass is 418 g/mol. The van der Waals surface area contributed by atoms with Crippen molar-refractivity contribution in [2.75, 3.05) is 5.75 Å². The summed E-state index contributed by atoms with van der Waals surface area (Å²) in [4.78, 5) is 14.6. The minimum Gasteiger partial charge on any atom is -0.461 e. The average molecular weight is 419 g/mol. The first-order chi connectivity index (χ1) is 13.4. The van der Waals surface area contributed by atoms with Gasteiger partial charge in [-0.25, -0.2) is 0 Å². The van der Waals surface area contributed by atoms with Crippen LogP contribution in [0.5, 0.6) is 0 Å². The van der Waals surface area contributed by atoms with Crippen LogP contribution in [-0.2, 0) is 4.79 Å². The Morgan fingerprint density at radius 1 is 1.18 bits per heavy atom. The first-order valence-electron chi connectivity index (χ1n) is 9.07. The van der Waals surface area contributed by atoms with E-state index in [0.29, 0.717) is 21.8 Å². The van der Waals surface area contributed by atoms with Crippen LogP contribution in [0.3, 0.4) is 0 Å². The molecule has 0 saturated heterocycles. The summed E-state index contributed by atoms with van der Waals surface area (Å²) in [6.45, 7) is 8.08. The third kappa shape index (κ3) is 4.42. The number of thioether (sulfide) groups is 1. The third-order valence-corrected chi connectivity index (χ3v) is 5.32. The van der Waals surface area contributed by atoms with Gasteiger partial charge in [0.15, 0.2) is 10.9 Å². The molecule has 2 heterocycles. The zero-order valence-corrected chi connectivity index (χ0v) is 17.9. The third-order valence-electron chi connectivity index (χ3n) is 4.17. The molecule has 0 aliphatic heterocycles. The van der Waals surface area contributed by atoms with Crippen LogP contribution in [0, 0.1) is 0 Å². The van der Waals surface area contributed by atoms with Gasteiger partial charge in [-0.2, -0.15) is 0 Å². The van der Waals surface area contributed by atoms with Crippen molar-refractivity contribution in [1.82, 2.24) is 19.7 Å². The van der Waals surface area contributed by atoms with Crippen molar-refractivity contribution >= 4 is 29.3 Å². The summed E-state index contributed by atoms with van der Waals surface area (Å²) in [5.74, 6) is 1.49. The second-order valence-electron chi connectivity index (χ2n) is 6.88. The van der Waals surface area contributed by atoms with Crippen LogP contribution in [0.4, 0.5) is 0 Å². The molecule has 2 aromatic heterocycles. The predicted molar refractivity (Wildman–Crippen MR) is 112 cm³/mol. The SMILES string of the molecule is CC(C)N(C(=O)CSc1nnc(-c2ccco2)n1-c1cccc(Cl)c1)C(C)C. The molecule has 0 saturated carbocycles. The summed E-state index contributed by atoms with van der Waals surface area (Å²) in [5, 5.41) is 9.80. The molecule has 0 N–H and O–H groups in total. The van der Waals surface area contributed by atoms with Gasteiger partial charge in [-0.05, 0) is 58.0 Å². The Hall–Kier alpha value is -2.25. The largest absolute Gasteiger partial charge is 0.461 e. The van der Waals surface area contributed by atoms with E-state index in [1.807, 2.05) is 67.5 Å². The van der Waals surface area contributed by atoms with E-state index in [1.54, 1.807) is 12.3 Å². The minimum absolute atomic E-state index is 0.0650. The molecule has 6 nitrogen and oxygen atoms in total. The van der Waals surface area contributed by atoms with Crippen molar-refractivity contribution in [1.29, 1.82) is 0 Å². The number of halogens is 1. The van der Waals surface area contributed by atoms with Crippen molar-refractivity contribution in [3.8, 4) is 17.3 Å². The van der Waals surface area contributed by atoms with Crippen molar-refractivity contribution in [2.24, 2.45) is 0 Å². The summed E-state index contributed by atoms with van der Waals surface area (Å²) >= 11 is 7.54. The molecule has 8 heteroatoms. The highest BCUT2D eigenvalue weighted by Gasteiger charge is 2.23. The Labute approximate surface area is 173 Å². The Balaban J connectivity index is 1.93. The van der Waals surface area contributed by atoms with Gasteiger partial charge in [-0.3, -0.25) is 9.36 Å². The minimum atomic E-state index is 0.0650. The lowest BCUT2D eigenvalue weighted by atomic mass is 10.2. The van der Waals surface area contributed by atoms with E-state index in [-0.39, 0.29) is 23.7 Å². The second kappa shape index (κ2) is 8.84. The van der Waals surface area contributed by atoms with E-state index in [1.165, 1.54) is 11.8 Å². The number of carbonyl (C=O) groups is 1. The fraction of sp³-hybridized carbons (Fsp3) is 0.350.